The summed E-state index contributed by atoms with van der Waals surface area (Å²) in [4.78, 5) is 11.1. The third-order valence-corrected chi connectivity index (χ3v) is 1.58. The van der Waals surface area contributed by atoms with Crippen LogP contribution in [0.5, 0.6) is 0 Å². The summed E-state index contributed by atoms with van der Waals surface area (Å²) in [5.41, 5.74) is 0. The van der Waals surface area contributed by atoms with E-state index in [0.717, 1.165) is 6.42 Å². The molecule has 0 heterocycles. The van der Waals surface area contributed by atoms with Crippen molar-refractivity contribution in [2.45, 2.75) is 19.8 Å². The third-order valence-electron chi connectivity index (χ3n) is 1.58. The molecule has 1 amide bonds. The number of methoxy groups -OCH3 is 1. The number of nitrogens with one attached hydrogen (secondary N) is 1. The number of carbonyl (C=O) groups excluding carboxylic acids is 1. The molecule has 0 aliphatic heterocycles. The standard InChI is InChI=1S/C9H16N2O2/c1-8(6-10)7-11-9(12)4-3-5-13-2/h8H,3-5,7H2,1-2H3,(H,11,12). The molecule has 1 N–H and O–H groups in total. The maximum atomic E-state index is 11.1. The lowest BCUT2D eigenvalue weighted by Gasteiger charge is -2.05. The summed E-state index contributed by atoms with van der Waals surface area (Å²) in [5, 5.41) is 11.1. The molecule has 0 rings (SSSR count). The molecule has 0 aliphatic carbocycles. The van der Waals surface area contributed by atoms with E-state index in [2.05, 4.69) is 5.32 Å². The monoisotopic (exact) mass is 184 g/mol. The van der Waals surface area contributed by atoms with Gasteiger partial charge in [0.2, 0.25) is 5.91 Å². The van der Waals surface area contributed by atoms with Crippen LogP contribution in [-0.4, -0.2) is 26.2 Å². The van der Waals surface area contributed by atoms with Crippen LogP contribution in [0.2, 0.25) is 0 Å². The van der Waals surface area contributed by atoms with Crippen LogP contribution >= 0.6 is 0 Å². The van der Waals surface area contributed by atoms with Crippen LogP contribution in [0.1, 0.15) is 19.8 Å². The number of nitrogens with zero attached hydrogens (tertiary/aromatic N) is 1. The van der Waals surface area contributed by atoms with E-state index in [-0.39, 0.29) is 11.8 Å². The van der Waals surface area contributed by atoms with E-state index < -0.39 is 0 Å². The second kappa shape index (κ2) is 7.56. The summed E-state index contributed by atoms with van der Waals surface area (Å²) in [6.45, 7) is 2.80. The molecule has 1 atom stereocenters. The zero-order valence-electron chi connectivity index (χ0n) is 8.17. The van der Waals surface area contributed by atoms with Crippen molar-refractivity contribution in [2.75, 3.05) is 20.3 Å². The Morgan fingerprint density at radius 2 is 2.38 bits per heavy atom. The molecule has 1 unspecified atom stereocenters. The zero-order chi connectivity index (χ0) is 10.1. The number of amides is 1. The van der Waals surface area contributed by atoms with E-state index in [1.165, 1.54) is 0 Å². The highest BCUT2D eigenvalue weighted by Gasteiger charge is 2.03. The van der Waals surface area contributed by atoms with Crippen LogP contribution in [0, 0.1) is 17.2 Å². The van der Waals surface area contributed by atoms with Gasteiger partial charge in [0.05, 0.1) is 12.0 Å². The van der Waals surface area contributed by atoms with Gasteiger partial charge in [0.25, 0.3) is 0 Å². The summed E-state index contributed by atoms with van der Waals surface area (Å²) in [6, 6.07) is 2.05. The minimum absolute atomic E-state index is 0.0147. The topological polar surface area (TPSA) is 62.1 Å². The van der Waals surface area contributed by atoms with Crippen molar-refractivity contribution in [1.29, 1.82) is 5.26 Å². The van der Waals surface area contributed by atoms with E-state index in [1.54, 1.807) is 14.0 Å². The first kappa shape index (κ1) is 11.9. The van der Waals surface area contributed by atoms with Gasteiger partial charge in [-0.15, -0.1) is 0 Å². The first-order chi connectivity index (χ1) is 6.20. The Balaban J connectivity index is 3.36. The fourth-order valence-electron chi connectivity index (χ4n) is 0.778. The van der Waals surface area contributed by atoms with Crippen molar-refractivity contribution in [1.82, 2.24) is 5.32 Å². The van der Waals surface area contributed by atoms with Crippen molar-refractivity contribution in [2.24, 2.45) is 5.92 Å². The normalized spacial score (nSPS) is 11.8. The van der Waals surface area contributed by atoms with E-state index in [4.69, 9.17) is 10.00 Å². The smallest absolute Gasteiger partial charge is 0.220 e. The Bertz CT molecular complexity index is 187. The Morgan fingerprint density at radius 1 is 1.69 bits per heavy atom. The highest BCUT2D eigenvalue weighted by atomic mass is 16.5. The SMILES string of the molecule is COCCCC(=O)NCC(C)C#N. The predicted molar refractivity (Wildman–Crippen MR) is 48.9 cm³/mol. The number of hydrogen-bond donors (Lipinski definition) is 1. The van der Waals surface area contributed by atoms with Gasteiger partial charge in [0.15, 0.2) is 0 Å². The van der Waals surface area contributed by atoms with Crippen LogP contribution < -0.4 is 5.32 Å². The second-order valence-electron chi connectivity index (χ2n) is 2.93. The van der Waals surface area contributed by atoms with Crippen molar-refractivity contribution in [3.8, 4) is 6.07 Å². The van der Waals surface area contributed by atoms with Gasteiger partial charge in [-0.25, -0.2) is 0 Å². The van der Waals surface area contributed by atoms with Crippen molar-refractivity contribution in [3.63, 3.8) is 0 Å². The summed E-state index contributed by atoms with van der Waals surface area (Å²) in [7, 11) is 1.61. The molecule has 74 valence electrons. The maximum Gasteiger partial charge on any atom is 0.220 e. The van der Waals surface area contributed by atoms with Gasteiger partial charge in [-0.3, -0.25) is 4.79 Å². The van der Waals surface area contributed by atoms with Gasteiger partial charge in [-0.1, -0.05) is 0 Å². The summed E-state index contributed by atoms with van der Waals surface area (Å²) >= 11 is 0. The molecule has 0 aromatic rings. The first-order valence-electron chi connectivity index (χ1n) is 4.36. The average molecular weight is 184 g/mol. The quantitative estimate of drug-likeness (QED) is 0.618. The van der Waals surface area contributed by atoms with E-state index >= 15 is 0 Å². The molecule has 4 heteroatoms. The second-order valence-corrected chi connectivity index (χ2v) is 2.93. The molecule has 0 spiro atoms. The highest BCUT2D eigenvalue weighted by Crippen LogP contribution is 1.91. The van der Waals surface area contributed by atoms with Crippen molar-refractivity contribution >= 4 is 5.91 Å². The van der Waals surface area contributed by atoms with Crippen molar-refractivity contribution in [3.05, 3.63) is 0 Å². The molecule has 0 aromatic heterocycles. The fourth-order valence-corrected chi connectivity index (χ4v) is 0.778. The number of carbonyl (C=O) groups is 1. The van der Waals surface area contributed by atoms with E-state index in [9.17, 15) is 4.79 Å². The Labute approximate surface area is 78.9 Å². The number of nitriles is 1. The largest absolute Gasteiger partial charge is 0.385 e. The minimum atomic E-state index is -0.119. The van der Waals surface area contributed by atoms with Crippen molar-refractivity contribution < 1.29 is 9.53 Å². The van der Waals surface area contributed by atoms with Crippen LogP contribution in [0.4, 0.5) is 0 Å². The lowest BCUT2D eigenvalue weighted by molar-refractivity contribution is -0.121. The number of ether oxygens (including phenoxy) is 1. The molecule has 4 nitrogen and oxygen atoms in total. The minimum Gasteiger partial charge on any atom is -0.385 e. The summed E-state index contributed by atoms with van der Waals surface area (Å²) in [5.74, 6) is -0.134. The molecular weight excluding hydrogens is 168 g/mol. The first-order valence-corrected chi connectivity index (χ1v) is 4.36. The molecule has 13 heavy (non-hydrogen) atoms. The molecular formula is C9H16N2O2. The highest BCUT2D eigenvalue weighted by molar-refractivity contribution is 5.75. The van der Waals surface area contributed by atoms with Gasteiger partial charge in [0, 0.05) is 26.7 Å². The summed E-state index contributed by atoms with van der Waals surface area (Å²) in [6.07, 6.45) is 1.19. The molecule has 0 aromatic carbocycles. The number of hydrogen-bond acceptors (Lipinski definition) is 3. The molecule has 0 fully saturated rings. The van der Waals surface area contributed by atoms with Gasteiger partial charge >= 0.3 is 0 Å². The molecule has 0 aliphatic rings. The van der Waals surface area contributed by atoms with Crippen LogP contribution in [0.25, 0.3) is 0 Å². The molecule has 0 saturated heterocycles. The Hall–Kier alpha value is -1.08. The van der Waals surface area contributed by atoms with Crippen LogP contribution in [-0.2, 0) is 9.53 Å². The lowest BCUT2D eigenvalue weighted by Crippen LogP contribution is -2.27. The maximum absolute atomic E-state index is 11.1. The zero-order valence-corrected chi connectivity index (χ0v) is 8.17. The van der Waals surface area contributed by atoms with Gasteiger partial charge in [-0.05, 0) is 13.3 Å². The Kier molecular flexibility index (Phi) is 6.93. The third kappa shape index (κ3) is 7.29. The molecule has 0 radical (unpaired) electrons. The van der Waals surface area contributed by atoms with Gasteiger partial charge in [0.1, 0.15) is 0 Å². The Morgan fingerprint density at radius 3 is 2.92 bits per heavy atom. The fraction of sp³-hybridized carbons (Fsp3) is 0.778. The lowest BCUT2D eigenvalue weighted by atomic mass is 10.2. The number of rotatable bonds is 6. The van der Waals surface area contributed by atoms with E-state index in [1.807, 2.05) is 6.07 Å². The predicted octanol–water partition coefficient (Wildman–Crippen LogP) is 0.689. The summed E-state index contributed by atoms with van der Waals surface area (Å²) < 4.78 is 4.81. The van der Waals surface area contributed by atoms with Crippen LogP contribution in [0.3, 0.4) is 0 Å². The van der Waals surface area contributed by atoms with Crippen LogP contribution in [0.15, 0.2) is 0 Å². The van der Waals surface area contributed by atoms with E-state index in [0.29, 0.717) is 19.6 Å². The van der Waals surface area contributed by atoms with Gasteiger partial charge in [-0.2, -0.15) is 5.26 Å². The average Bonchev–Trinajstić information content (AvgIpc) is 2.14. The van der Waals surface area contributed by atoms with Gasteiger partial charge < -0.3 is 10.1 Å². The molecule has 0 saturated carbocycles. The molecule has 0 bridgehead atoms.